The van der Waals surface area contributed by atoms with Crippen molar-refractivity contribution in [1.29, 1.82) is 0 Å². The van der Waals surface area contributed by atoms with E-state index in [0.717, 1.165) is 6.42 Å². The third-order valence-corrected chi connectivity index (χ3v) is 7.09. The van der Waals surface area contributed by atoms with Gasteiger partial charge in [0.2, 0.25) is 0 Å². The van der Waals surface area contributed by atoms with Crippen LogP contribution in [0.5, 0.6) is 0 Å². The van der Waals surface area contributed by atoms with Crippen LogP contribution in [0.4, 0.5) is 0 Å². The van der Waals surface area contributed by atoms with Gasteiger partial charge in [0, 0.05) is 0 Å². The molecule has 0 aliphatic heterocycles. The maximum atomic E-state index is 3.57. The predicted molar refractivity (Wildman–Crippen MR) is 169 cm³/mol. The summed E-state index contributed by atoms with van der Waals surface area (Å²) in [7, 11) is 0. The first-order chi connectivity index (χ1) is 17.4. The second kappa shape index (κ2) is 15.6. The van der Waals surface area contributed by atoms with E-state index in [4.69, 9.17) is 0 Å². The largest absolute Gasteiger partial charge is 1.00 e. The first kappa shape index (κ1) is 39.1. The molecule has 4 rings (SSSR count). The molecule has 0 aromatic heterocycles. The van der Waals surface area contributed by atoms with Crippen LogP contribution < -0.4 is 24.8 Å². The van der Waals surface area contributed by atoms with E-state index in [1.807, 2.05) is 0 Å². The zero-order chi connectivity index (χ0) is 29.1. The molecule has 0 saturated heterocycles. The second-order valence-corrected chi connectivity index (χ2v) is 16.5. The summed E-state index contributed by atoms with van der Waals surface area (Å²) in [5.74, 6) is 0.573. The topological polar surface area (TPSA) is 0 Å². The SMILES string of the molecule is CC(C)(C)c1ccc2[cH-]c3ccc(C(C)(C)C)cc3c2c1.CCC1=[C-]C(CC)C=C1C(C)(C)C.C[C](C)=[Zr+2].[Cl-].[Cl-]. The summed E-state index contributed by atoms with van der Waals surface area (Å²) < 4.78 is 1.51. The molecule has 3 aromatic carbocycles. The maximum absolute atomic E-state index is 3.57. The molecule has 0 spiro atoms. The quantitative estimate of drug-likeness (QED) is 0.333. The second-order valence-electron chi connectivity index (χ2n) is 14.1. The number of hydrogen-bond donors (Lipinski definition) is 0. The molecule has 1 unspecified atom stereocenters. The number of rotatable bonds is 2. The Hall–Kier alpha value is -0.877. The van der Waals surface area contributed by atoms with E-state index >= 15 is 0 Å². The molecule has 0 nitrogen and oxygen atoms in total. The van der Waals surface area contributed by atoms with Gasteiger partial charge in [0.05, 0.1) is 0 Å². The van der Waals surface area contributed by atoms with Gasteiger partial charge in [0.1, 0.15) is 0 Å². The molecule has 0 fully saturated rings. The fourth-order valence-corrected chi connectivity index (χ4v) is 4.79. The van der Waals surface area contributed by atoms with Crippen molar-refractivity contribution in [3.05, 3.63) is 76.9 Å². The van der Waals surface area contributed by atoms with Gasteiger partial charge in [0.15, 0.2) is 0 Å². The molecular weight excluding hydrogens is 607 g/mol. The van der Waals surface area contributed by atoms with Crippen LogP contribution in [-0.4, -0.2) is 3.21 Å². The number of allylic oxidation sites excluding steroid dienone is 4. The van der Waals surface area contributed by atoms with Crippen molar-refractivity contribution in [2.24, 2.45) is 11.3 Å². The van der Waals surface area contributed by atoms with Crippen molar-refractivity contribution in [1.82, 2.24) is 0 Å². The van der Waals surface area contributed by atoms with Crippen LogP contribution in [0.15, 0.2) is 59.7 Å². The molecule has 3 heteroatoms. The molecular formula is C37H52Cl2Zr-2. The Morgan fingerprint density at radius 1 is 0.750 bits per heavy atom. The summed E-state index contributed by atoms with van der Waals surface area (Å²) >= 11 is 1.55. The molecule has 3 aromatic rings. The number of hydrogen-bond acceptors (Lipinski definition) is 0. The Morgan fingerprint density at radius 2 is 1.15 bits per heavy atom. The normalized spacial score (nSPS) is 15.1. The zero-order valence-electron chi connectivity index (χ0n) is 27.4. The smallest absolute Gasteiger partial charge is 1.00 e. The molecule has 0 bridgehead atoms. The number of benzene rings is 2. The van der Waals surface area contributed by atoms with E-state index in [1.54, 1.807) is 24.2 Å². The van der Waals surface area contributed by atoms with Gasteiger partial charge in [-0.1, -0.05) is 136 Å². The Balaban J connectivity index is 0.000000692. The van der Waals surface area contributed by atoms with Crippen LogP contribution in [0.1, 0.15) is 114 Å². The molecule has 40 heavy (non-hydrogen) atoms. The summed E-state index contributed by atoms with van der Waals surface area (Å²) in [6.45, 7) is 29.2. The van der Waals surface area contributed by atoms with Crippen LogP contribution in [0.25, 0.3) is 21.5 Å². The number of fused-ring (bicyclic) bond motifs is 3. The van der Waals surface area contributed by atoms with Gasteiger partial charge in [-0.15, -0.1) is 39.7 Å². The Morgan fingerprint density at radius 3 is 1.43 bits per heavy atom. The minimum Gasteiger partial charge on any atom is -1.00 e. The maximum Gasteiger partial charge on any atom is -1.00 e. The molecule has 0 N–H and O–H groups in total. The molecule has 0 saturated carbocycles. The van der Waals surface area contributed by atoms with Crippen LogP contribution in [0.3, 0.4) is 0 Å². The zero-order valence-corrected chi connectivity index (χ0v) is 31.3. The van der Waals surface area contributed by atoms with Crippen LogP contribution in [0, 0.1) is 17.4 Å². The predicted octanol–water partition coefficient (Wildman–Crippen LogP) is 5.20. The van der Waals surface area contributed by atoms with E-state index in [-0.39, 0.29) is 35.6 Å². The molecule has 1 atom stereocenters. The fourth-order valence-electron chi connectivity index (χ4n) is 4.79. The van der Waals surface area contributed by atoms with E-state index in [0.29, 0.717) is 11.3 Å². The molecule has 0 radical (unpaired) electrons. The molecule has 0 amide bonds. The van der Waals surface area contributed by atoms with Gasteiger partial charge in [-0.3, -0.25) is 6.08 Å². The Bertz CT molecular complexity index is 1240. The first-order valence-corrected chi connectivity index (χ1v) is 15.6. The van der Waals surface area contributed by atoms with Crippen molar-refractivity contribution >= 4 is 24.8 Å². The van der Waals surface area contributed by atoms with Crippen molar-refractivity contribution in [2.75, 3.05) is 0 Å². The minimum atomic E-state index is 0. The van der Waals surface area contributed by atoms with Crippen LogP contribution >= 0.6 is 0 Å². The van der Waals surface area contributed by atoms with Gasteiger partial charge in [-0.25, -0.2) is 5.57 Å². The average Bonchev–Trinajstić information content (AvgIpc) is 3.38. The third kappa shape index (κ3) is 10.8. The Labute approximate surface area is 274 Å². The average molecular weight is 659 g/mol. The van der Waals surface area contributed by atoms with Gasteiger partial charge in [0.25, 0.3) is 0 Å². The van der Waals surface area contributed by atoms with Crippen molar-refractivity contribution in [3.8, 4) is 0 Å². The molecule has 0 heterocycles. The van der Waals surface area contributed by atoms with Crippen LogP contribution in [-0.2, 0) is 35.1 Å². The fraction of sp³-hybridized carbons (Fsp3) is 0.514. The van der Waals surface area contributed by atoms with E-state index in [9.17, 15) is 0 Å². The van der Waals surface area contributed by atoms with Crippen molar-refractivity contribution in [2.45, 2.75) is 114 Å². The van der Waals surface area contributed by atoms with E-state index < -0.39 is 0 Å². The summed E-state index contributed by atoms with van der Waals surface area (Å²) in [4.78, 5) is 0. The molecule has 1 aliphatic rings. The molecule has 220 valence electrons. The monoisotopic (exact) mass is 656 g/mol. The molecule has 1 aliphatic carbocycles. The van der Waals surface area contributed by atoms with Gasteiger partial charge < -0.3 is 24.8 Å². The van der Waals surface area contributed by atoms with Crippen molar-refractivity contribution < 1.29 is 49.0 Å². The summed E-state index contributed by atoms with van der Waals surface area (Å²) in [6.07, 6.45) is 8.28. The summed E-state index contributed by atoms with van der Waals surface area (Å²) in [5.41, 5.74) is 6.45. The first-order valence-electron chi connectivity index (χ1n) is 14.4. The standard InChI is InChI=1S/C21H25.C13H21.C3H6.2ClH.Zr/c1-20(2,3)16-9-7-14-11-15-8-10-17(21(4,5)6)13-19(15)18(14)12-16;1-6-10-8-11(7-2)12(9-10)13(3,4)5;1-3-2;;;/h7-13H,1-6H3;9-10H,6-7H2,1-5H3;1-2H3;2*1H;/q2*-1;;;;+2/p-2. The van der Waals surface area contributed by atoms with Crippen molar-refractivity contribution in [3.63, 3.8) is 0 Å². The third-order valence-electron chi connectivity index (χ3n) is 7.09. The van der Waals surface area contributed by atoms with Gasteiger partial charge in [-0.2, -0.15) is 11.6 Å². The minimum absolute atomic E-state index is 0. The summed E-state index contributed by atoms with van der Waals surface area (Å²) in [5, 5.41) is 5.49. The van der Waals surface area contributed by atoms with Gasteiger partial charge >= 0.3 is 41.3 Å². The van der Waals surface area contributed by atoms with Gasteiger partial charge in [-0.05, 0) is 10.8 Å². The summed E-state index contributed by atoms with van der Waals surface area (Å²) in [6, 6.07) is 16.1. The van der Waals surface area contributed by atoms with E-state index in [2.05, 4.69) is 145 Å². The number of halogens is 2. The van der Waals surface area contributed by atoms with Crippen LogP contribution in [0.2, 0.25) is 0 Å². The Kier molecular flexibility index (Phi) is 15.2. The van der Waals surface area contributed by atoms with E-state index in [1.165, 1.54) is 53.4 Å².